The summed E-state index contributed by atoms with van der Waals surface area (Å²) in [5.74, 6) is 1.31. The third-order valence-corrected chi connectivity index (χ3v) is 4.91. The third kappa shape index (κ3) is 6.49. The molecule has 7 heteroatoms. The van der Waals surface area contributed by atoms with Crippen LogP contribution in [0.25, 0.3) is 17.4 Å². The van der Waals surface area contributed by atoms with Gasteiger partial charge in [0, 0.05) is 34.8 Å². The van der Waals surface area contributed by atoms with Gasteiger partial charge in [-0.1, -0.05) is 24.9 Å². The summed E-state index contributed by atoms with van der Waals surface area (Å²) in [6.45, 7) is 2.03. The molecule has 3 aromatic rings. The quantitative estimate of drug-likeness (QED) is 0.368. The van der Waals surface area contributed by atoms with E-state index in [4.69, 9.17) is 20.8 Å². The highest BCUT2D eigenvalue weighted by Gasteiger charge is 2.09. The zero-order chi connectivity index (χ0) is 22.9. The average Bonchev–Trinajstić information content (AvgIpc) is 3.27. The number of methoxy groups -OCH3 is 1. The van der Waals surface area contributed by atoms with Crippen LogP contribution >= 0.6 is 11.6 Å². The molecule has 32 heavy (non-hydrogen) atoms. The summed E-state index contributed by atoms with van der Waals surface area (Å²) >= 11 is 5.91. The number of amides is 2. The van der Waals surface area contributed by atoms with Crippen molar-refractivity contribution in [3.63, 3.8) is 0 Å². The number of benzene rings is 2. The highest BCUT2D eigenvalue weighted by atomic mass is 35.5. The Morgan fingerprint density at radius 2 is 1.84 bits per heavy atom. The summed E-state index contributed by atoms with van der Waals surface area (Å²) in [6.07, 6.45) is 5.20. The number of carbonyl (C=O) groups excluding carboxylic acids is 2. The minimum Gasteiger partial charge on any atom is -0.494 e. The van der Waals surface area contributed by atoms with Gasteiger partial charge in [-0.2, -0.15) is 0 Å². The summed E-state index contributed by atoms with van der Waals surface area (Å²) in [7, 11) is 1.51. The molecule has 0 atom stereocenters. The van der Waals surface area contributed by atoms with Gasteiger partial charge in [-0.15, -0.1) is 0 Å². The molecular formula is C25H25ClN2O4. The van der Waals surface area contributed by atoms with Crippen molar-refractivity contribution in [1.29, 1.82) is 0 Å². The van der Waals surface area contributed by atoms with E-state index in [1.54, 1.807) is 42.5 Å². The van der Waals surface area contributed by atoms with E-state index in [2.05, 4.69) is 10.6 Å². The maximum atomic E-state index is 12.3. The predicted octanol–water partition coefficient (Wildman–Crippen LogP) is 6.39. The van der Waals surface area contributed by atoms with Crippen LogP contribution in [0.5, 0.6) is 5.75 Å². The summed E-state index contributed by atoms with van der Waals surface area (Å²) in [5, 5.41) is 6.26. The van der Waals surface area contributed by atoms with Gasteiger partial charge < -0.3 is 19.8 Å². The van der Waals surface area contributed by atoms with E-state index in [0.717, 1.165) is 18.4 Å². The lowest BCUT2D eigenvalue weighted by Gasteiger charge is -2.12. The van der Waals surface area contributed by atoms with Gasteiger partial charge in [-0.25, -0.2) is 0 Å². The molecule has 1 heterocycles. The molecule has 0 spiro atoms. The van der Waals surface area contributed by atoms with Crippen LogP contribution in [0.3, 0.4) is 0 Å². The van der Waals surface area contributed by atoms with E-state index >= 15 is 0 Å². The van der Waals surface area contributed by atoms with Crippen LogP contribution in [-0.2, 0) is 9.59 Å². The number of unbranched alkanes of at least 4 members (excludes halogenated alkanes) is 1. The monoisotopic (exact) mass is 452 g/mol. The van der Waals surface area contributed by atoms with Crippen molar-refractivity contribution in [1.82, 2.24) is 0 Å². The second-order valence-electron chi connectivity index (χ2n) is 7.10. The van der Waals surface area contributed by atoms with Crippen LogP contribution in [0.4, 0.5) is 11.4 Å². The van der Waals surface area contributed by atoms with Crippen molar-refractivity contribution in [3.8, 4) is 17.1 Å². The van der Waals surface area contributed by atoms with Gasteiger partial charge in [0.05, 0.1) is 12.8 Å². The van der Waals surface area contributed by atoms with Crippen LogP contribution in [0.1, 0.15) is 31.9 Å². The van der Waals surface area contributed by atoms with Gasteiger partial charge in [0.15, 0.2) is 0 Å². The normalized spacial score (nSPS) is 10.8. The van der Waals surface area contributed by atoms with Crippen molar-refractivity contribution in [2.75, 3.05) is 17.7 Å². The first-order chi connectivity index (χ1) is 15.5. The number of hydrogen-bond donors (Lipinski definition) is 2. The Kier molecular flexibility index (Phi) is 8.11. The van der Waals surface area contributed by atoms with Crippen molar-refractivity contribution < 1.29 is 18.7 Å². The minimum absolute atomic E-state index is 0.0683. The molecule has 0 fully saturated rings. The Bertz CT molecular complexity index is 1100. The smallest absolute Gasteiger partial charge is 0.248 e. The first-order valence-electron chi connectivity index (χ1n) is 10.3. The maximum absolute atomic E-state index is 12.3. The standard InChI is InChI=1S/C25H25ClN2O4/c1-3-4-5-24(29)28-21-13-10-19(16-23(21)31-2)27-25(30)15-12-20-11-14-22(32-20)17-6-8-18(26)9-7-17/h6-16H,3-5H2,1-2H3,(H,27,30)(H,28,29). The van der Waals surface area contributed by atoms with Crippen molar-refractivity contribution in [2.45, 2.75) is 26.2 Å². The highest BCUT2D eigenvalue weighted by Crippen LogP contribution is 2.28. The van der Waals surface area contributed by atoms with Crippen molar-refractivity contribution in [2.24, 2.45) is 0 Å². The molecule has 1 aromatic heterocycles. The second-order valence-corrected chi connectivity index (χ2v) is 7.53. The van der Waals surface area contributed by atoms with Crippen molar-refractivity contribution >= 4 is 40.9 Å². The van der Waals surface area contributed by atoms with E-state index in [9.17, 15) is 9.59 Å². The Hall–Kier alpha value is -3.51. The number of ether oxygens (including phenoxy) is 1. The second kappa shape index (κ2) is 11.2. The van der Waals surface area contributed by atoms with Gasteiger partial charge in [-0.05, 0) is 61.0 Å². The number of nitrogens with one attached hydrogen (secondary N) is 2. The van der Waals surface area contributed by atoms with Crippen molar-refractivity contribution in [3.05, 3.63) is 71.5 Å². The molecule has 0 aliphatic rings. The zero-order valence-corrected chi connectivity index (χ0v) is 18.7. The number of anilines is 2. The first-order valence-corrected chi connectivity index (χ1v) is 10.7. The molecule has 6 nitrogen and oxygen atoms in total. The lowest BCUT2D eigenvalue weighted by molar-refractivity contribution is -0.116. The summed E-state index contributed by atoms with van der Waals surface area (Å²) < 4.78 is 11.1. The molecule has 2 amide bonds. The molecule has 0 aliphatic heterocycles. The van der Waals surface area contributed by atoms with E-state index in [1.165, 1.54) is 13.2 Å². The van der Waals surface area contributed by atoms with Crippen LogP contribution < -0.4 is 15.4 Å². The van der Waals surface area contributed by atoms with Gasteiger partial charge in [0.2, 0.25) is 11.8 Å². The third-order valence-electron chi connectivity index (χ3n) is 4.66. The number of furan rings is 1. The van der Waals surface area contributed by atoms with Crippen LogP contribution in [0.15, 0.2) is 65.1 Å². The number of carbonyl (C=O) groups is 2. The Morgan fingerprint density at radius 3 is 2.56 bits per heavy atom. The summed E-state index contributed by atoms with van der Waals surface area (Å²) in [6, 6.07) is 16.0. The topological polar surface area (TPSA) is 80.6 Å². The number of halogens is 1. The summed E-state index contributed by atoms with van der Waals surface area (Å²) in [4.78, 5) is 24.3. The minimum atomic E-state index is -0.323. The molecule has 0 bridgehead atoms. The van der Waals surface area contributed by atoms with Gasteiger partial charge in [0.1, 0.15) is 17.3 Å². The molecule has 0 unspecified atom stereocenters. The largest absolute Gasteiger partial charge is 0.494 e. The van der Waals surface area contributed by atoms with Crippen LogP contribution in [-0.4, -0.2) is 18.9 Å². The van der Waals surface area contributed by atoms with Gasteiger partial charge in [-0.3, -0.25) is 9.59 Å². The van der Waals surface area contributed by atoms with Crippen LogP contribution in [0.2, 0.25) is 5.02 Å². The Morgan fingerprint density at radius 1 is 1.06 bits per heavy atom. The molecule has 0 saturated carbocycles. The fourth-order valence-corrected chi connectivity index (χ4v) is 3.10. The highest BCUT2D eigenvalue weighted by molar-refractivity contribution is 6.30. The van der Waals surface area contributed by atoms with Crippen LogP contribution in [0, 0.1) is 0 Å². The van der Waals surface area contributed by atoms with E-state index < -0.39 is 0 Å². The Balaban J connectivity index is 1.61. The molecule has 0 aliphatic carbocycles. The molecule has 0 radical (unpaired) electrons. The lowest BCUT2D eigenvalue weighted by Crippen LogP contribution is -2.12. The lowest BCUT2D eigenvalue weighted by atomic mass is 10.2. The van der Waals surface area contributed by atoms with E-state index in [1.807, 2.05) is 25.1 Å². The van der Waals surface area contributed by atoms with E-state index in [-0.39, 0.29) is 11.8 Å². The molecular weight excluding hydrogens is 428 g/mol. The molecule has 2 aromatic carbocycles. The fraction of sp³-hybridized carbons (Fsp3) is 0.200. The number of rotatable bonds is 9. The maximum Gasteiger partial charge on any atom is 0.248 e. The summed E-state index contributed by atoms with van der Waals surface area (Å²) in [5.41, 5.74) is 2.00. The predicted molar refractivity (Wildman–Crippen MR) is 128 cm³/mol. The Labute approximate surface area is 192 Å². The van der Waals surface area contributed by atoms with Gasteiger partial charge in [0.25, 0.3) is 0 Å². The zero-order valence-electron chi connectivity index (χ0n) is 18.0. The van der Waals surface area contributed by atoms with Gasteiger partial charge >= 0.3 is 0 Å². The average molecular weight is 453 g/mol. The number of hydrogen-bond acceptors (Lipinski definition) is 4. The fourth-order valence-electron chi connectivity index (χ4n) is 2.98. The molecule has 166 valence electrons. The molecule has 2 N–H and O–H groups in total. The van der Waals surface area contributed by atoms with E-state index in [0.29, 0.717) is 40.1 Å². The SMILES string of the molecule is CCCCC(=O)Nc1ccc(NC(=O)C=Cc2ccc(-c3ccc(Cl)cc3)o2)cc1OC. The molecule has 0 saturated heterocycles. The molecule has 3 rings (SSSR count). The first kappa shape index (κ1) is 23.2.